The number of anilines is 1. The van der Waals surface area contributed by atoms with Crippen molar-refractivity contribution in [3.05, 3.63) is 29.8 Å². The molecule has 5 heteroatoms. The van der Waals surface area contributed by atoms with E-state index in [1.165, 1.54) is 24.2 Å². The Balaban J connectivity index is 1.69. The van der Waals surface area contributed by atoms with Gasteiger partial charge in [-0.2, -0.15) is 0 Å². The molecular weight excluding hydrogens is 304 g/mol. The molecule has 0 bridgehead atoms. The van der Waals surface area contributed by atoms with Gasteiger partial charge in [0.05, 0.1) is 5.69 Å². The van der Waals surface area contributed by atoms with Gasteiger partial charge < -0.3 is 5.32 Å². The normalized spacial score (nSPS) is 19.9. The molecule has 0 spiro atoms. The number of amides is 3. The van der Waals surface area contributed by atoms with E-state index in [9.17, 15) is 14.4 Å². The first-order chi connectivity index (χ1) is 11.6. The summed E-state index contributed by atoms with van der Waals surface area (Å²) >= 11 is 0. The van der Waals surface area contributed by atoms with E-state index in [2.05, 4.69) is 5.32 Å². The highest BCUT2D eigenvalue weighted by Gasteiger charge is 2.30. The number of hydrogen-bond acceptors (Lipinski definition) is 3. The van der Waals surface area contributed by atoms with Crippen LogP contribution in [0.15, 0.2) is 24.3 Å². The van der Waals surface area contributed by atoms with Crippen LogP contribution in [0.25, 0.3) is 0 Å². The lowest BCUT2D eigenvalue weighted by atomic mass is 9.96. The highest BCUT2D eigenvalue weighted by atomic mass is 16.2. The molecule has 1 aromatic rings. The number of imide groups is 1. The quantitative estimate of drug-likeness (QED) is 0.867. The van der Waals surface area contributed by atoms with Crippen molar-refractivity contribution in [1.82, 2.24) is 5.32 Å². The number of hydrogen-bond donors (Lipinski definition) is 1. The lowest BCUT2D eigenvalue weighted by Gasteiger charge is -2.21. The Hall–Kier alpha value is -2.17. The number of carbonyl (C=O) groups is 3. The number of nitrogens with zero attached hydrogens (tertiary/aromatic N) is 1. The zero-order valence-corrected chi connectivity index (χ0v) is 13.9. The van der Waals surface area contributed by atoms with Crippen LogP contribution in [0.5, 0.6) is 0 Å². The first-order valence-corrected chi connectivity index (χ1v) is 8.92. The van der Waals surface area contributed by atoms with Crippen LogP contribution in [0.2, 0.25) is 0 Å². The standard InChI is InChI=1S/C19H24N2O3/c22-17-11-12-18(23)21(17)16-10-6-7-14(13-16)19(24)20-15-8-4-2-1-3-5-9-15/h6-7,10,13,15H,1-5,8-9,11-12H2,(H,20,24). The monoisotopic (exact) mass is 328 g/mol. The van der Waals surface area contributed by atoms with E-state index in [-0.39, 0.29) is 36.6 Å². The Morgan fingerprint density at radius 3 is 2.25 bits per heavy atom. The van der Waals surface area contributed by atoms with Gasteiger partial charge in [-0.05, 0) is 31.0 Å². The van der Waals surface area contributed by atoms with E-state index in [0.29, 0.717) is 11.3 Å². The van der Waals surface area contributed by atoms with Gasteiger partial charge in [0.15, 0.2) is 0 Å². The van der Waals surface area contributed by atoms with Crippen molar-refractivity contribution in [3.63, 3.8) is 0 Å². The fourth-order valence-electron chi connectivity index (χ4n) is 3.52. The summed E-state index contributed by atoms with van der Waals surface area (Å²) in [5.41, 5.74) is 0.995. The second-order valence-electron chi connectivity index (χ2n) is 6.69. The first kappa shape index (κ1) is 16.7. The molecular formula is C19H24N2O3. The Bertz CT molecular complexity index is 617. The lowest BCUT2D eigenvalue weighted by Crippen LogP contribution is -2.35. The molecule has 2 fully saturated rings. The Kier molecular flexibility index (Phi) is 5.28. The molecule has 1 heterocycles. The number of benzene rings is 1. The van der Waals surface area contributed by atoms with Gasteiger partial charge in [-0.3, -0.25) is 19.3 Å². The topological polar surface area (TPSA) is 66.5 Å². The van der Waals surface area contributed by atoms with Gasteiger partial charge >= 0.3 is 0 Å². The van der Waals surface area contributed by atoms with E-state index in [1.54, 1.807) is 24.3 Å². The minimum Gasteiger partial charge on any atom is -0.349 e. The summed E-state index contributed by atoms with van der Waals surface area (Å²) in [6.07, 6.45) is 8.62. The largest absolute Gasteiger partial charge is 0.349 e. The molecule has 24 heavy (non-hydrogen) atoms. The predicted molar refractivity (Wildman–Crippen MR) is 91.7 cm³/mol. The van der Waals surface area contributed by atoms with Crippen molar-refractivity contribution >= 4 is 23.4 Å². The molecule has 0 unspecified atom stereocenters. The summed E-state index contributed by atoms with van der Waals surface area (Å²) in [6.45, 7) is 0. The van der Waals surface area contributed by atoms with Gasteiger partial charge in [0.2, 0.25) is 11.8 Å². The van der Waals surface area contributed by atoms with Gasteiger partial charge in [0, 0.05) is 24.4 Å². The van der Waals surface area contributed by atoms with Crippen LogP contribution < -0.4 is 10.2 Å². The van der Waals surface area contributed by atoms with E-state index < -0.39 is 0 Å². The first-order valence-electron chi connectivity index (χ1n) is 8.92. The van der Waals surface area contributed by atoms with Crippen LogP contribution in [0, 0.1) is 0 Å². The summed E-state index contributed by atoms with van der Waals surface area (Å²) in [6, 6.07) is 7.01. The summed E-state index contributed by atoms with van der Waals surface area (Å²) in [7, 11) is 0. The van der Waals surface area contributed by atoms with E-state index in [4.69, 9.17) is 0 Å². The van der Waals surface area contributed by atoms with Gasteiger partial charge in [-0.1, -0.05) is 38.2 Å². The molecule has 1 aliphatic carbocycles. The van der Waals surface area contributed by atoms with Gasteiger partial charge in [-0.25, -0.2) is 0 Å². The second kappa shape index (κ2) is 7.60. The van der Waals surface area contributed by atoms with Gasteiger partial charge in [-0.15, -0.1) is 0 Å². The molecule has 0 atom stereocenters. The predicted octanol–water partition coefficient (Wildman–Crippen LogP) is 3.18. The van der Waals surface area contributed by atoms with Crippen LogP contribution in [-0.4, -0.2) is 23.8 Å². The van der Waals surface area contributed by atoms with Crippen molar-refractivity contribution in [2.75, 3.05) is 4.90 Å². The minimum atomic E-state index is -0.197. The van der Waals surface area contributed by atoms with Crippen LogP contribution in [0.4, 0.5) is 5.69 Å². The Labute approximate surface area is 142 Å². The molecule has 0 aromatic heterocycles. The summed E-state index contributed by atoms with van der Waals surface area (Å²) in [4.78, 5) is 37.4. The molecule has 2 aliphatic rings. The van der Waals surface area contributed by atoms with Gasteiger partial charge in [0.1, 0.15) is 0 Å². The third-order valence-corrected chi connectivity index (χ3v) is 4.86. The summed E-state index contributed by atoms with van der Waals surface area (Å²) in [5.74, 6) is -0.517. The molecule has 1 saturated carbocycles. The third kappa shape index (κ3) is 3.83. The zero-order chi connectivity index (χ0) is 16.9. The van der Waals surface area contributed by atoms with Crippen LogP contribution in [-0.2, 0) is 9.59 Å². The molecule has 1 saturated heterocycles. The second-order valence-corrected chi connectivity index (χ2v) is 6.69. The highest BCUT2D eigenvalue weighted by molar-refractivity contribution is 6.20. The van der Waals surface area contributed by atoms with E-state index in [0.717, 1.165) is 25.7 Å². The number of carbonyl (C=O) groups excluding carboxylic acids is 3. The van der Waals surface area contributed by atoms with Crippen molar-refractivity contribution in [2.45, 2.75) is 63.8 Å². The van der Waals surface area contributed by atoms with Crippen molar-refractivity contribution in [2.24, 2.45) is 0 Å². The summed E-state index contributed by atoms with van der Waals surface area (Å²) in [5, 5.41) is 3.12. The minimum absolute atomic E-state index is 0.124. The molecule has 0 radical (unpaired) electrons. The number of rotatable bonds is 3. The maximum atomic E-state index is 12.5. The maximum absolute atomic E-state index is 12.5. The molecule has 3 amide bonds. The van der Waals surface area contributed by atoms with E-state index >= 15 is 0 Å². The Morgan fingerprint density at radius 2 is 1.58 bits per heavy atom. The average molecular weight is 328 g/mol. The smallest absolute Gasteiger partial charge is 0.251 e. The molecule has 1 aromatic carbocycles. The average Bonchev–Trinajstić information content (AvgIpc) is 2.89. The molecule has 5 nitrogen and oxygen atoms in total. The highest BCUT2D eigenvalue weighted by Crippen LogP contribution is 2.24. The zero-order valence-electron chi connectivity index (χ0n) is 13.9. The van der Waals surface area contributed by atoms with Crippen molar-refractivity contribution in [1.29, 1.82) is 0 Å². The van der Waals surface area contributed by atoms with Crippen molar-refractivity contribution in [3.8, 4) is 0 Å². The molecule has 128 valence electrons. The Morgan fingerprint density at radius 1 is 0.958 bits per heavy atom. The fourth-order valence-corrected chi connectivity index (χ4v) is 3.52. The SMILES string of the molecule is O=C(NC1CCCCCCC1)c1cccc(N2C(=O)CCC2=O)c1. The van der Waals surface area contributed by atoms with Gasteiger partial charge in [0.25, 0.3) is 5.91 Å². The van der Waals surface area contributed by atoms with Crippen LogP contribution >= 0.6 is 0 Å². The van der Waals surface area contributed by atoms with Crippen LogP contribution in [0.3, 0.4) is 0 Å². The molecule has 1 N–H and O–H groups in total. The lowest BCUT2D eigenvalue weighted by molar-refractivity contribution is -0.121. The fraction of sp³-hybridized carbons (Fsp3) is 0.526. The van der Waals surface area contributed by atoms with Crippen molar-refractivity contribution < 1.29 is 14.4 Å². The number of nitrogens with one attached hydrogen (secondary N) is 1. The van der Waals surface area contributed by atoms with Crippen LogP contribution in [0.1, 0.15) is 68.1 Å². The third-order valence-electron chi connectivity index (χ3n) is 4.86. The van der Waals surface area contributed by atoms with E-state index in [1.807, 2.05) is 0 Å². The maximum Gasteiger partial charge on any atom is 0.251 e. The molecule has 3 rings (SSSR count). The summed E-state index contributed by atoms with van der Waals surface area (Å²) < 4.78 is 0. The molecule has 1 aliphatic heterocycles.